The number of benzene rings is 1. The van der Waals surface area contributed by atoms with Gasteiger partial charge in [-0.05, 0) is 64.2 Å². The molecule has 2 atom stereocenters. The first-order chi connectivity index (χ1) is 19.4. The molecule has 0 N–H and O–H groups in total. The molecule has 1 amide bonds. The van der Waals surface area contributed by atoms with E-state index in [2.05, 4.69) is 39.8 Å². The quantitative estimate of drug-likeness (QED) is 0.248. The highest BCUT2D eigenvalue weighted by molar-refractivity contribution is 7.11. The third-order valence-corrected chi connectivity index (χ3v) is 9.18. The molecule has 8 nitrogen and oxygen atoms in total. The predicted octanol–water partition coefficient (Wildman–Crippen LogP) is 6.60. The average molecular weight is 557 g/mol. The molecule has 40 heavy (non-hydrogen) atoms. The molecule has 2 aliphatic rings. The number of carbonyl (C=O) groups excluding carboxylic acids is 1. The zero-order valence-electron chi connectivity index (χ0n) is 22.6. The van der Waals surface area contributed by atoms with E-state index in [1.807, 2.05) is 13.8 Å². The maximum atomic E-state index is 14.3. The van der Waals surface area contributed by atoms with E-state index in [4.69, 9.17) is 14.5 Å². The number of thiazole rings is 1. The smallest absolute Gasteiger partial charge is 0.227 e. The van der Waals surface area contributed by atoms with E-state index in [9.17, 15) is 9.18 Å². The Morgan fingerprint density at radius 2 is 1.95 bits per heavy atom. The molecule has 5 heterocycles. The second-order valence-corrected chi connectivity index (χ2v) is 12.1. The average Bonchev–Trinajstić information content (AvgIpc) is 3.60. The zero-order valence-corrected chi connectivity index (χ0v) is 23.5. The van der Waals surface area contributed by atoms with Crippen molar-refractivity contribution in [3.8, 4) is 11.1 Å². The van der Waals surface area contributed by atoms with E-state index in [1.54, 1.807) is 22.4 Å². The fraction of sp³-hybridized carbons (Fsp3) is 0.367. The van der Waals surface area contributed by atoms with Gasteiger partial charge in [0.05, 0.1) is 51.6 Å². The van der Waals surface area contributed by atoms with Crippen molar-refractivity contribution in [2.45, 2.75) is 71.4 Å². The topological polar surface area (TPSA) is 89.9 Å². The zero-order chi connectivity index (χ0) is 27.5. The number of carbonyl (C=O) groups is 1. The van der Waals surface area contributed by atoms with Gasteiger partial charge in [-0.25, -0.2) is 14.4 Å². The van der Waals surface area contributed by atoms with Gasteiger partial charge in [0.2, 0.25) is 5.91 Å². The lowest BCUT2D eigenvalue weighted by Gasteiger charge is -2.36. The molecule has 2 unspecified atom stereocenters. The summed E-state index contributed by atoms with van der Waals surface area (Å²) < 4.78 is 22.0. The minimum atomic E-state index is -0.465. The Morgan fingerprint density at radius 1 is 1.07 bits per heavy atom. The van der Waals surface area contributed by atoms with Crippen molar-refractivity contribution in [1.29, 1.82) is 0 Å². The number of hydrogen-bond acceptors (Lipinski definition) is 7. The maximum Gasteiger partial charge on any atom is 0.227 e. The van der Waals surface area contributed by atoms with Crippen LogP contribution in [0.3, 0.4) is 0 Å². The Morgan fingerprint density at radius 3 is 2.75 bits per heavy atom. The summed E-state index contributed by atoms with van der Waals surface area (Å²) in [6.45, 7) is 5.92. The highest BCUT2D eigenvalue weighted by atomic mass is 32.1. The van der Waals surface area contributed by atoms with Crippen LogP contribution in [-0.2, 0) is 17.6 Å². The number of amides is 1. The lowest BCUT2D eigenvalue weighted by Crippen LogP contribution is -2.40. The first-order valence-corrected chi connectivity index (χ1v) is 14.5. The van der Waals surface area contributed by atoms with Crippen LogP contribution in [0.4, 0.5) is 10.1 Å². The second-order valence-electron chi connectivity index (χ2n) is 10.8. The minimum Gasteiger partial charge on any atom is -0.361 e. The lowest BCUT2D eigenvalue weighted by molar-refractivity contribution is -0.120. The molecule has 4 aromatic heterocycles. The van der Waals surface area contributed by atoms with E-state index < -0.39 is 5.82 Å². The SMILES string of the molecule is Cc1nc2c(s1)CC(n1c(C3CCCC(=O)N3c3cncc(F)c3)nc3cc(-c4c(C)noc4C)ccc31)CC2. The number of imidazole rings is 1. The van der Waals surface area contributed by atoms with Crippen molar-refractivity contribution in [2.24, 2.45) is 0 Å². The number of hydrogen-bond donors (Lipinski definition) is 0. The predicted molar refractivity (Wildman–Crippen MR) is 151 cm³/mol. The van der Waals surface area contributed by atoms with Crippen LogP contribution >= 0.6 is 11.3 Å². The minimum absolute atomic E-state index is 0.0392. The Labute approximate surface area is 234 Å². The monoisotopic (exact) mass is 556 g/mol. The van der Waals surface area contributed by atoms with Gasteiger partial charge in [-0.1, -0.05) is 11.2 Å². The van der Waals surface area contributed by atoms with Crippen LogP contribution in [0.15, 0.2) is 41.2 Å². The normalized spacial score (nSPS) is 19.4. The van der Waals surface area contributed by atoms with Crippen molar-refractivity contribution in [3.05, 3.63) is 75.3 Å². The molecule has 1 fully saturated rings. The van der Waals surface area contributed by atoms with Crippen LogP contribution in [0.25, 0.3) is 22.2 Å². The summed E-state index contributed by atoms with van der Waals surface area (Å²) in [6, 6.07) is 7.54. The molecule has 1 saturated heterocycles. The summed E-state index contributed by atoms with van der Waals surface area (Å²) in [6.07, 6.45) is 7.33. The molecule has 204 valence electrons. The number of pyridine rings is 1. The molecule has 0 spiro atoms. The summed E-state index contributed by atoms with van der Waals surface area (Å²) in [5, 5.41) is 5.23. The van der Waals surface area contributed by atoms with Crippen molar-refractivity contribution in [2.75, 3.05) is 4.90 Å². The Hall–Kier alpha value is -3.92. The van der Waals surface area contributed by atoms with Gasteiger partial charge in [-0.3, -0.25) is 9.78 Å². The molecule has 0 bridgehead atoms. The number of halogens is 1. The van der Waals surface area contributed by atoms with Gasteiger partial charge in [0.15, 0.2) is 0 Å². The highest BCUT2D eigenvalue weighted by Gasteiger charge is 2.37. The Bertz CT molecular complexity index is 1750. The van der Waals surface area contributed by atoms with Crippen molar-refractivity contribution >= 4 is 34.0 Å². The molecular weight excluding hydrogens is 527 g/mol. The van der Waals surface area contributed by atoms with E-state index in [-0.39, 0.29) is 18.0 Å². The molecule has 0 radical (unpaired) electrons. The summed E-state index contributed by atoms with van der Waals surface area (Å²) in [4.78, 5) is 30.4. The van der Waals surface area contributed by atoms with Gasteiger partial charge >= 0.3 is 0 Å². The van der Waals surface area contributed by atoms with Gasteiger partial charge < -0.3 is 14.0 Å². The third kappa shape index (κ3) is 4.13. The van der Waals surface area contributed by atoms with Gasteiger partial charge in [0.1, 0.15) is 17.4 Å². The Kier molecular flexibility index (Phi) is 6.03. The van der Waals surface area contributed by atoms with Crippen LogP contribution in [0, 0.1) is 26.6 Å². The number of rotatable bonds is 4. The first kappa shape index (κ1) is 25.1. The van der Waals surface area contributed by atoms with Crippen LogP contribution in [0.5, 0.6) is 0 Å². The summed E-state index contributed by atoms with van der Waals surface area (Å²) in [7, 11) is 0. The van der Waals surface area contributed by atoms with Crippen molar-refractivity contribution < 1.29 is 13.7 Å². The largest absolute Gasteiger partial charge is 0.361 e. The van der Waals surface area contributed by atoms with Gasteiger partial charge in [-0.15, -0.1) is 11.3 Å². The van der Waals surface area contributed by atoms with E-state index >= 15 is 0 Å². The number of anilines is 1. The van der Waals surface area contributed by atoms with Gasteiger partial charge in [0.25, 0.3) is 0 Å². The summed E-state index contributed by atoms with van der Waals surface area (Å²) >= 11 is 1.76. The van der Waals surface area contributed by atoms with Crippen molar-refractivity contribution in [1.82, 2.24) is 24.7 Å². The van der Waals surface area contributed by atoms with Crippen LogP contribution in [0.1, 0.15) is 70.6 Å². The fourth-order valence-electron chi connectivity index (χ4n) is 6.46. The number of aryl methyl sites for hydroxylation is 4. The number of nitrogens with zero attached hydrogens (tertiary/aromatic N) is 6. The van der Waals surface area contributed by atoms with Crippen LogP contribution < -0.4 is 4.90 Å². The third-order valence-electron chi connectivity index (χ3n) is 8.14. The molecule has 10 heteroatoms. The van der Waals surface area contributed by atoms with Crippen LogP contribution in [-0.4, -0.2) is 30.6 Å². The van der Waals surface area contributed by atoms with Crippen LogP contribution in [0.2, 0.25) is 0 Å². The second kappa shape index (κ2) is 9.62. The first-order valence-electron chi connectivity index (χ1n) is 13.7. The maximum absolute atomic E-state index is 14.3. The number of aromatic nitrogens is 5. The Balaban J connectivity index is 1.40. The molecular formula is C30H29FN6O2S. The standard InChI is InChI=1S/C30H29FN6O2S/c1-16-29(17(2)39-35-16)19-7-10-25-24(11-19)34-30(37(25)21-8-9-23-27(13-21)40-18(3)33-23)26-5-4-6-28(38)36(26)22-12-20(31)14-32-15-22/h7,10-12,14-15,21,26H,4-6,8-9,13H2,1-3H3. The molecule has 1 aromatic carbocycles. The molecule has 1 aliphatic carbocycles. The lowest BCUT2D eigenvalue weighted by atomic mass is 9.95. The number of piperidine rings is 1. The fourth-order valence-corrected chi connectivity index (χ4v) is 7.52. The molecule has 0 saturated carbocycles. The van der Waals surface area contributed by atoms with E-state index in [0.29, 0.717) is 12.1 Å². The van der Waals surface area contributed by atoms with E-state index in [0.717, 1.165) is 82.7 Å². The summed E-state index contributed by atoms with van der Waals surface area (Å²) in [5.74, 6) is 1.09. The van der Waals surface area contributed by atoms with Gasteiger partial charge in [0, 0.05) is 35.4 Å². The molecule has 1 aliphatic heterocycles. The summed E-state index contributed by atoms with van der Waals surface area (Å²) in [5.41, 5.74) is 6.35. The highest BCUT2D eigenvalue weighted by Crippen LogP contribution is 2.42. The molecule has 7 rings (SSSR count). The van der Waals surface area contributed by atoms with Gasteiger partial charge in [-0.2, -0.15) is 0 Å². The van der Waals surface area contributed by atoms with Crippen molar-refractivity contribution in [3.63, 3.8) is 0 Å². The molecule has 5 aromatic rings. The van der Waals surface area contributed by atoms with E-state index in [1.165, 1.54) is 16.6 Å². The number of fused-ring (bicyclic) bond motifs is 2.